The smallest absolute Gasteiger partial charge is 0.0874 e. The minimum atomic E-state index is -0.122. The number of hydrogen-bond donors (Lipinski definition) is 0. The van der Waals surface area contributed by atoms with Crippen molar-refractivity contribution in [2.24, 2.45) is 0 Å². The van der Waals surface area contributed by atoms with Gasteiger partial charge in [0.05, 0.1) is 0 Å². The molecule has 2 fully saturated rings. The minimum Gasteiger partial charge on any atom is -0.0874 e. The van der Waals surface area contributed by atoms with Crippen LogP contribution in [0.1, 0.15) is 48.5 Å². The maximum atomic E-state index is 2.37. The van der Waals surface area contributed by atoms with Gasteiger partial charge in [-0.3, -0.25) is 0 Å². The van der Waals surface area contributed by atoms with Crippen LogP contribution in [0.5, 0.6) is 0 Å². The molecule has 2 rings (SSSR count). The minimum absolute atomic E-state index is 0. The summed E-state index contributed by atoms with van der Waals surface area (Å²) in [6.07, 6.45) is 16.7. The van der Waals surface area contributed by atoms with Gasteiger partial charge in [0, 0.05) is 5.66 Å². The summed E-state index contributed by atoms with van der Waals surface area (Å²) in [7, 11) is -0.122. The van der Waals surface area contributed by atoms with Crippen LogP contribution in [0.4, 0.5) is 0 Å². The van der Waals surface area contributed by atoms with Gasteiger partial charge in [0.25, 0.3) is 0 Å². The van der Waals surface area contributed by atoms with Gasteiger partial charge in [-0.15, -0.1) is 0 Å². The summed E-state index contributed by atoms with van der Waals surface area (Å²) in [6, 6.07) is 0. The quantitative estimate of drug-likeness (QED) is 0.414. The van der Waals surface area contributed by atoms with Crippen LogP contribution in [0, 0.1) is 62.9 Å². The molecule has 2 saturated carbocycles. The van der Waals surface area contributed by atoms with Crippen molar-refractivity contribution in [2.45, 2.75) is 58.8 Å². The van der Waals surface area contributed by atoms with Crippen molar-refractivity contribution >= 4 is 7.92 Å². The predicted octanol–water partition coefficient (Wildman–Crippen LogP) is 5.84. The van der Waals surface area contributed by atoms with E-state index in [1.54, 1.807) is 5.66 Å². The summed E-state index contributed by atoms with van der Waals surface area (Å²) in [5, 5.41) is 0.763. The molecule has 0 atom stereocenters. The molecule has 0 aromatic rings. The van der Waals surface area contributed by atoms with Gasteiger partial charge in [-0.05, 0) is 67.6 Å². The van der Waals surface area contributed by atoms with Crippen molar-refractivity contribution < 1.29 is 17.1 Å². The zero-order valence-electron chi connectivity index (χ0n) is 14.4. The molecular weight excluding hydrogens is 315 g/mol. The van der Waals surface area contributed by atoms with E-state index in [2.05, 4.69) is 67.7 Å². The fourth-order valence-corrected chi connectivity index (χ4v) is 6.92. The second kappa shape index (κ2) is 9.30. The number of hydrogen-bond acceptors (Lipinski definition) is 0. The SMILES string of the molecule is C[C]1[CH][CH][CH][C]1P(C(C)(C)C)C(C)(C)C.[CH]1[CH][CH][CH][CH]1.[Fe+2]. The van der Waals surface area contributed by atoms with Crippen molar-refractivity contribution in [1.29, 1.82) is 0 Å². The van der Waals surface area contributed by atoms with E-state index < -0.39 is 0 Å². The molecule has 2 heteroatoms. The molecule has 10 radical (unpaired) electrons. The van der Waals surface area contributed by atoms with Gasteiger partial charge < -0.3 is 0 Å². The Labute approximate surface area is 146 Å². The van der Waals surface area contributed by atoms with Gasteiger partial charge >= 0.3 is 17.1 Å². The Morgan fingerprint density at radius 1 is 0.667 bits per heavy atom. The van der Waals surface area contributed by atoms with Crippen molar-refractivity contribution in [3.8, 4) is 0 Å². The van der Waals surface area contributed by atoms with Crippen molar-refractivity contribution in [2.75, 3.05) is 0 Å². The first-order valence-corrected chi connectivity index (χ1v) is 8.67. The molecule has 0 nitrogen and oxygen atoms in total. The molecule has 0 aliphatic heterocycles. The molecule has 2 aliphatic rings. The zero-order valence-corrected chi connectivity index (χ0v) is 16.4. The van der Waals surface area contributed by atoms with E-state index in [1.165, 1.54) is 5.92 Å². The van der Waals surface area contributed by atoms with Crippen LogP contribution in [0.15, 0.2) is 0 Å². The normalized spacial score (nSPS) is 21.1. The van der Waals surface area contributed by atoms with E-state index >= 15 is 0 Å². The summed E-state index contributed by atoms with van der Waals surface area (Å²) in [5.74, 6) is 1.46. The molecule has 0 aromatic carbocycles. The summed E-state index contributed by atoms with van der Waals surface area (Å²) < 4.78 is 0. The first-order chi connectivity index (χ1) is 9.14. The second-order valence-electron chi connectivity index (χ2n) is 7.23. The molecule has 0 unspecified atom stereocenters. The third kappa shape index (κ3) is 7.37. The Balaban J connectivity index is 0.000000562. The maximum Gasteiger partial charge on any atom is 2.00 e. The van der Waals surface area contributed by atoms with Crippen LogP contribution in [0.2, 0.25) is 0 Å². The summed E-state index contributed by atoms with van der Waals surface area (Å²) in [6.45, 7) is 16.5. The molecule has 0 aromatic heterocycles. The first-order valence-electron chi connectivity index (χ1n) is 7.33. The van der Waals surface area contributed by atoms with Gasteiger partial charge in [-0.2, -0.15) is 0 Å². The Bertz CT molecular complexity index is 249. The maximum absolute atomic E-state index is 2.37. The molecule has 0 spiro atoms. The monoisotopic (exact) mass is 344 g/mol. The summed E-state index contributed by atoms with van der Waals surface area (Å²) >= 11 is 0. The standard InChI is InChI=1S/C14H24P.C5H5.Fe/c1-11-9-8-10-12(11)15(13(2,3)4)14(5,6)7;1-2-4-5-3-1;/h8-10H,1-7H3;1-5H;/q;;+2. The molecule has 0 amide bonds. The number of rotatable bonds is 1. The predicted molar refractivity (Wildman–Crippen MR) is 93.0 cm³/mol. The van der Waals surface area contributed by atoms with Crippen LogP contribution >= 0.6 is 7.92 Å². The van der Waals surface area contributed by atoms with E-state index in [0.717, 1.165) is 0 Å². The van der Waals surface area contributed by atoms with E-state index in [-0.39, 0.29) is 25.0 Å². The fourth-order valence-electron chi connectivity index (χ4n) is 2.80. The summed E-state index contributed by atoms with van der Waals surface area (Å²) in [4.78, 5) is 0. The average Bonchev–Trinajstić information content (AvgIpc) is 2.89. The Hall–Kier alpha value is 0.949. The van der Waals surface area contributed by atoms with Crippen molar-refractivity contribution in [1.82, 2.24) is 0 Å². The van der Waals surface area contributed by atoms with E-state index in [0.29, 0.717) is 10.3 Å². The van der Waals surface area contributed by atoms with Gasteiger partial charge in [0.15, 0.2) is 0 Å². The Morgan fingerprint density at radius 2 is 1.05 bits per heavy atom. The third-order valence-corrected chi connectivity index (χ3v) is 6.81. The largest absolute Gasteiger partial charge is 2.00 e. The molecule has 2 aliphatic carbocycles. The fraction of sp³-hybridized carbons (Fsp3) is 0.474. The van der Waals surface area contributed by atoms with Crippen LogP contribution in [0.3, 0.4) is 0 Å². The molecule has 116 valence electrons. The van der Waals surface area contributed by atoms with Gasteiger partial charge in [-0.1, -0.05) is 56.4 Å². The molecule has 21 heavy (non-hydrogen) atoms. The topological polar surface area (TPSA) is 0 Å². The van der Waals surface area contributed by atoms with Crippen LogP contribution in [-0.4, -0.2) is 10.3 Å². The van der Waals surface area contributed by atoms with Crippen LogP contribution in [0.25, 0.3) is 0 Å². The molecule has 0 N–H and O–H groups in total. The average molecular weight is 344 g/mol. The second-order valence-corrected chi connectivity index (χ2v) is 11.1. The Kier molecular flexibility index (Phi) is 9.72. The molecular formula is C19H29FeP+2. The van der Waals surface area contributed by atoms with E-state index in [1.807, 2.05) is 32.1 Å². The van der Waals surface area contributed by atoms with Crippen LogP contribution in [-0.2, 0) is 17.1 Å². The first kappa shape index (κ1) is 21.9. The molecule has 0 saturated heterocycles. The third-order valence-electron chi connectivity index (χ3n) is 3.14. The molecule has 0 heterocycles. The molecule has 0 bridgehead atoms. The van der Waals surface area contributed by atoms with Gasteiger partial charge in [0.2, 0.25) is 0 Å². The van der Waals surface area contributed by atoms with Crippen LogP contribution < -0.4 is 0 Å². The van der Waals surface area contributed by atoms with E-state index in [4.69, 9.17) is 0 Å². The van der Waals surface area contributed by atoms with Crippen molar-refractivity contribution in [3.63, 3.8) is 0 Å². The van der Waals surface area contributed by atoms with Gasteiger partial charge in [-0.25, -0.2) is 0 Å². The Morgan fingerprint density at radius 3 is 1.29 bits per heavy atom. The zero-order chi connectivity index (χ0) is 15.4. The van der Waals surface area contributed by atoms with Gasteiger partial charge in [0.1, 0.15) is 0 Å². The summed E-state index contributed by atoms with van der Waals surface area (Å²) in [5.41, 5.74) is 1.59. The van der Waals surface area contributed by atoms with Crippen molar-refractivity contribution in [3.05, 3.63) is 62.9 Å². The van der Waals surface area contributed by atoms with E-state index in [9.17, 15) is 0 Å².